The second-order valence-electron chi connectivity index (χ2n) is 13.7. The van der Waals surface area contributed by atoms with Crippen LogP contribution in [0.4, 0.5) is 29.3 Å². The molecule has 0 N–H and O–H groups in total. The van der Waals surface area contributed by atoms with E-state index in [0.717, 1.165) is 23.4 Å². The molecule has 2 aliphatic carbocycles. The number of carbonyl (C=O) groups excluding carboxylic acids is 3. The number of anilines is 2. The summed E-state index contributed by atoms with van der Waals surface area (Å²) in [4.78, 5) is 47.2. The third kappa shape index (κ3) is 8.84. The Morgan fingerprint density at radius 1 is 1.15 bits per heavy atom. The zero-order valence-corrected chi connectivity index (χ0v) is 29.6. The van der Waals surface area contributed by atoms with Crippen molar-refractivity contribution < 1.29 is 41.2 Å². The van der Waals surface area contributed by atoms with Crippen molar-refractivity contribution >= 4 is 53.1 Å². The fraction of sp³-hybridized carbons (Fsp3) is 0.618. The molecule has 1 saturated carbocycles. The highest BCUT2D eigenvalue weighted by atomic mass is 32.2. The minimum Gasteiger partial charge on any atom is -0.444 e. The lowest BCUT2D eigenvalue weighted by Crippen LogP contribution is -2.54. The number of likely N-dealkylation sites (tertiary alicyclic amines) is 1. The molecule has 0 aromatic heterocycles. The van der Waals surface area contributed by atoms with Gasteiger partial charge in [-0.25, -0.2) is 4.79 Å². The fourth-order valence-corrected chi connectivity index (χ4v) is 7.98. The first kappa shape index (κ1) is 36.4. The van der Waals surface area contributed by atoms with Gasteiger partial charge in [-0.15, -0.1) is 11.8 Å². The SMILES string of the molecule is COCCCN1C(=O)CSc2ccc(N(C(=O)[C@H]3CN(C(=O)OC(C)(C)C)CC[C@@H]3C3C=CC=C(OSC(F)(F)F)C3C)C3CC3)cc21. The number of piperidine rings is 1. The Balaban J connectivity index is 1.46. The fourth-order valence-electron chi connectivity index (χ4n) is 6.67. The number of fused-ring (bicyclic) bond motifs is 1. The van der Waals surface area contributed by atoms with E-state index in [1.165, 1.54) is 17.8 Å². The number of amides is 3. The molecule has 1 aromatic carbocycles. The molecule has 0 bridgehead atoms. The van der Waals surface area contributed by atoms with Crippen molar-refractivity contribution in [1.82, 2.24) is 4.90 Å². The van der Waals surface area contributed by atoms with E-state index in [9.17, 15) is 27.6 Å². The van der Waals surface area contributed by atoms with E-state index in [-0.39, 0.29) is 42.0 Å². The van der Waals surface area contributed by atoms with E-state index in [2.05, 4.69) is 0 Å². The van der Waals surface area contributed by atoms with Crippen LogP contribution in [0.2, 0.25) is 0 Å². The maximum atomic E-state index is 14.9. The highest BCUT2D eigenvalue weighted by molar-refractivity contribution is 8.00. The number of benzene rings is 1. The zero-order valence-electron chi connectivity index (χ0n) is 28.0. The number of alkyl halides is 3. The van der Waals surface area contributed by atoms with Gasteiger partial charge in [-0.1, -0.05) is 19.1 Å². The highest BCUT2D eigenvalue weighted by Gasteiger charge is 2.47. The van der Waals surface area contributed by atoms with Crippen LogP contribution in [0.5, 0.6) is 0 Å². The van der Waals surface area contributed by atoms with Gasteiger partial charge in [-0.05, 0) is 82.6 Å². The molecule has 3 amide bonds. The van der Waals surface area contributed by atoms with Gasteiger partial charge in [-0.2, -0.15) is 13.2 Å². The number of allylic oxidation sites excluding steroid dienone is 4. The molecule has 0 spiro atoms. The number of hydrogen-bond acceptors (Lipinski definition) is 8. The number of nitrogens with zero attached hydrogens (tertiary/aromatic N) is 3. The Labute approximate surface area is 288 Å². The number of rotatable bonds is 10. The van der Waals surface area contributed by atoms with E-state index >= 15 is 0 Å². The monoisotopic (exact) mass is 711 g/mol. The molecule has 2 fully saturated rings. The molecular weight excluding hydrogens is 668 g/mol. The molecule has 14 heteroatoms. The van der Waals surface area contributed by atoms with Gasteiger partial charge < -0.3 is 28.4 Å². The van der Waals surface area contributed by atoms with Gasteiger partial charge in [0.1, 0.15) is 11.4 Å². The molecule has 1 aromatic rings. The van der Waals surface area contributed by atoms with Crippen molar-refractivity contribution in [2.45, 2.75) is 75.4 Å². The molecular formula is C34H44F3N3O6S2. The number of thioether (sulfide) groups is 1. The molecule has 4 atom stereocenters. The largest absolute Gasteiger partial charge is 0.479 e. The van der Waals surface area contributed by atoms with Crippen LogP contribution in [0.25, 0.3) is 0 Å². The lowest BCUT2D eigenvalue weighted by Gasteiger charge is -2.44. The van der Waals surface area contributed by atoms with Crippen molar-refractivity contribution in [3.05, 3.63) is 42.2 Å². The van der Waals surface area contributed by atoms with Crippen LogP contribution in [-0.4, -0.2) is 79.1 Å². The highest BCUT2D eigenvalue weighted by Crippen LogP contribution is 2.46. The van der Waals surface area contributed by atoms with Crippen LogP contribution < -0.4 is 9.80 Å². The number of hydrogen-bond donors (Lipinski definition) is 0. The standard InChI is InChI=1S/C34H44F3N3O6S2/c1-21-24(8-6-9-28(21)46-48-34(35,36)37)25-14-16-38(32(43)45-33(2,3)4)19-26(25)31(42)40(22-10-11-22)23-12-13-29-27(18-23)39(15-7-17-44-5)30(41)20-47-29/h6,8-9,12-13,18,21-22,24-26H,7,10-11,14-17,19-20H2,1-5H3/t21?,24?,25-,26+/m1/s1. The number of ether oxygens (including phenoxy) is 2. The van der Waals surface area contributed by atoms with Crippen LogP contribution in [-0.2, 0) is 23.2 Å². The second kappa shape index (κ2) is 15.0. The smallest absolute Gasteiger partial charge is 0.444 e. The third-order valence-corrected chi connectivity index (χ3v) is 10.5. The van der Waals surface area contributed by atoms with Crippen LogP contribution in [0.3, 0.4) is 0 Å². The molecule has 5 rings (SSSR count). The van der Waals surface area contributed by atoms with Crippen molar-refractivity contribution in [2.75, 3.05) is 48.9 Å². The number of methoxy groups -OCH3 is 1. The van der Waals surface area contributed by atoms with Gasteiger partial charge >= 0.3 is 11.6 Å². The quantitative estimate of drug-likeness (QED) is 0.183. The average molecular weight is 712 g/mol. The van der Waals surface area contributed by atoms with Gasteiger partial charge in [-0.3, -0.25) is 9.59 Å². The Morgan fingerprint density at radius 3 is 2.56 bits per heavy atom. The molecule has 2 unspecified atom stereocenters. The van der Waals surface area contributed by atoms with Crippen LogP contribution in [0.15, 0.2) is 47.1 Å². The number of carbonyl (C=O) groups is 3. The molecule has 9 nitrogen and oxygen atoms in total. The Morgan fingerprint density at radius 2 is 1.90 bits per heavy atom. The molecule has 2 heterocycles. The van der Waals surface area contributed by atoms with Crippen LogP contribution >= 0.6 is 23.8 Å². The van der Waals surface area contributed by atoms with Gasteiger partial charge in [0, 0.05) is 55.9 Å². The topological polar surface area (TPSA) is 88.6 Å². The summed E-state index contributed by atoms with van der Waals surface area (Å²) in [7, 11) is 1.62. The second-order valence-corrected chi connectivity index (χ2v) is 15.5. The molecule has 0 radical (unpaired) electrons. The molecule has 4 aliphatic rings. The predicted octanol–water partition coefficient (Wildman–Crippen LogP) is 7.42. The molecule has 1 saturated heterocycles. The van der Waals surface area contributed by atoms with E-state index < -0.39 is 41.1 Å². The summed E-state index contributed by atoms with van der Waals surface area (Å²) >= 11 is 0.930. The van der Waals surface area contributed by atoms with Crippen molar-refractivity contribution in [2.24, 2.45) is 23.7 Å². The summed E-state index contributed by atoms with van der Waals surface area (Å²) in [5, 5.41) is 0. The van der Waals surface area contributed by atoms with Crippen LogP contribution in [0.1, 0.15) is 53.4 Å². The Hall–Kier alpha value is -2.84. The normalized spacial score (nSPS) is 24.6. The minimum atomic E-state index is -4.56. The van der Waals surface area contributed by atoms with Crippen LogP contribution in [0, 0.1) is 23.7 Å². The summed E-state index contributed by atoms with van der Waals surface area (Å²) in [5.41, 5.74) is -3.85. The van der Waals surface area contributed by atoms with Crippen molar-refractivity contribution in [3.8, 4) is 0 Å². The van der Waals surface area contributed by atoms with E-state index in [1.807, 2.05) is 36.1 Å². The minimum absolute atomic E-state index is 0.00163. The van der Waals surface area contributed by atoms with Gasteiger partial charge in [0.05, 0.1) is 17.4 Å². The summed E-state index contributed by atoms with van der Waals surface area (Å²) in [5.74, 6) is -1.31. The van der Waals surface area contributed by atoms with Gasteiger partial charge in [0.25, 0.3) is 0 Å². The van der Waals surface area contributed by atoms with Gasteiger partial charge in [0.15, 0.2) is 12.0 Å². The molecule has 264 valence electrons. The predicted molar refractivity (Wildman–Crippen MR) is 181 cm³/mol. The van der Waals surface area contributed by atoms with E-state index in [1.54, 1.807) is 43.8 Å². The lowest BCUT2D eigenvalue weighted by atomic mass is 9.69. The first-order valence-corrected chi connectivity index (χ1v) is 18.1. The Bertz CT molecular complexity index is 1430. The average Bonchev–Trinajstić information content (AvgIpc) is 3.85. The number of halogens is 3. The summed E-state index contributed by atoms with van der Waals surface area (Å²) < 4.78 is 55.1. The van der Waals surface area contributed by atoms with E-state index in [0.29, 0.717) is 44.0 Å². The first-order chi connectivity index (χ1) is 22.7. The lowest BCUT2D eigenvalue weighted by molar-refractivity contribution is -0.127. The molecule has 48 heavy (non-hydrogen) atoms. The summed E-state index contributed by atoms with van der Waals surface area (Å²) in [6.07, 6.45) is 7.40. The third-order valence-electron chi connectivity index (χ3n) is 9.03. The van der Waals surface area contributed by atoms with Gasteiger partial charge in [0.2, 0.25) is 11.8 Å². The van der Waals surface area contributed by atoms with Crippen molar-refractivity contribution in [3.63, 3.8) is 0 Å². The maximum Gasteiger partial charge on any atom is 0.479 e. The maximum absolute atomic E-state index is 14.9. The molecule has 2 aliphatic heterocycles. The first-order valence-electron chi connectivity index (χ1n) is 16.3. The van der Waals surface area contributed by atoms with Crippen molar-refractivity contribution in [1.29, 1.82) is 0 Å². The van der Waals surface area contributed by atoms with E-state index in [4.69, 9.17) is 13.7 Å². The zero-order chi connectivity index (χ0) is 34.8. The summed E-state index contributed by atoms with van der Waals surface area (Å²) in [6, 6.07) is 5.75. The summed E-state index contributed by atoms with van der Waals surface area (Å²) in [6.45, 7) is 8.63. The Kier molecular flexibility index (Phi) is 11.4.